The maximum absolute atomic E-state index is 12.4. The molecule has 4 nitrogen and oxygen atoms in total. The third-order valence-electron chi connectivity index (χ3n) is 3.82. The van der Waals surface area contributed by atoms with E-state index in [1.54, 1.807) is 22.9 Å². The molecule has 0 aliphatic rings. The second-order valence-corrected chi connectivity index (χ2v) is 5.18. The largest absolute Gasteiger partial charge is 0.502 e. The minimum absolute atomic E-state index is 0.0142. The SMILES string of the molecule is O=c1[nH]c2ccccc2c(O)c1-[n+]1ccc2ccccc2c1. The molecule has 0 spiro atoms. The number of benzene rings is 2. The highest BCUT2D eigenvalue weighted by atomic mass is 16.3. The van der Waals surface area contributed by atoms with E-state index in [1.807, 2.05) is 48.7 Å². The maximum atomic E-state index is 12.4. The molecule has 0 atom stereocenters. The smallest absolute Gasteiger partial charge is 0.325 e. The Labute approximate surface area is 125 Å². The first-order valence-electron chi connectivity index (χ1n) is 6.98. The van der Waals surface area contributed by atoms with Gasteiger partial charge in [0.25, 0.3) is 0 Å². The van der Waals surface area contributed by atoms with Crippen LogP contribution < -0.4 is 10.1 Å². The third-order valence-corrected chi connectivity index (χ3v) is 3.82. The van der Waals surface area contributed by atoms with Gasteiger partial charge in [0.1, 0.15) is 0 Å². The fourth-order valence-electron chi connectivity index (χ4n) is 2.73. The van der Waals surface area contributed by atoms with Crippen molar-refractivity contribution in [2.75, 3.05) is 0 Å². The zero-order chi connectivity index (χ0) is 15.1. The topological polar surface area (TPSA) is 57.0 Å². The van der Waals surface area contributed by atoms with E-state index in [1.165, 1.54) is 0 Å². The highest BCUT2D eigenvalue weighted by molar-refractivity contribution is 5.87. The number of rotatable bonds is 1. The van der Waals surface area contributed by atoms with Crippen LogP contribution in [0, 0.1) is 0 Å². The van der Waals surface area contributed by atoms with Crippen molar-refractivity contribution >= 4 is 21.7 Å². The Kier molecular flexibility index (Phi) is 2.69. The van der Waals surface area contributed by atoms with Crippen molar-refractivity contribution in [1.82, 2.24) is 4.98 Å². The standard InChI is InChI=1S/C18H12N2O2/c21-17-14-7-3-4-8-15(14)19-18(22)16(17)20-10-9-12-5-1-2-6-13(12)11-20/h1-11H,(H-,19,21,22)/p+1. The average Bonchev–Trinajstić information content (AvgIpc) is 2.55. The molecule has 2 N–H and O–H groups in total. The van der Waals surface area contributed by atoms with Gasteiger partial charge in [0.15, 0.2) is 12.4 Å². The van der Waals surface area contributed by atoms with Gasteiger partial charge in [0.05, 0.1) is 5.52 Å². The quantitative estimate of drug-likeness (QED) is 0.529. The van der Waals surface area contributed by atoms with Gasteiger partial charge < -0.3 is 10.1 Å². The molecule has 2 heterocycles. The molecule has 0 aliphatic carbocycles. The number of fused-ring (bicyclic) bond motifs is 2. The van der Waals surface area contributed by atoms with Gasteiger partial charge in [-0.05, 0) is 23.6 Å². The summed E-state index contributed by atoms with van der Waals surface area (Å²) in [5.41, 5.74) is 0.524. The molecule has 2 aromatic heterocycles. The highest BCUT2D eigenvalue weighted by Gasteiger charge is 2.20. The summed E-state index contributed by atoms with van der Waals surface area (Å²) in [7, 11) is 0. The van der Waals surface area contributed by atoms with Crippen LogP contribution in [0.3, 0.4) is 0 Å². The van der Waals surface area contributed by atoms with Crippen LogP contribution in [0.15, 0.2) is 71.8 Å². The number of para-hydroxylation sites is 1. The van der Waals surface area contributed by atoms with Crippen LogP contribution in [0.2, 0.25) is 0 Å². The lowest BCUT2D eigenvalue weighted by molar-refractivity contribution is -0.595. The number of aromatic nitrogens is 2. The van der Waals surface area contributed by atoms with Gasteiger partial charge in [-0.3, -0.25) is 4.79 Å². The average molecular weight is 289 g/mol. The molecule has 4 rings (SSSR count). The van der Waals surface area contributed by atoms with Crippen LogP contribution in [-0.4, -0.2) is 10.1 Å². The molecule has 0 unspecified atom stereocenters. The van der Waals surface area contributed by atoms with Crippen molar-refractivity contribution in [2.45, 2.75) is 0 Å². The van der Waals surface area contributed by atoms with E-state index in [0.717, 1.165) is 10.8 Å². The van der Waals surface area contributed by atoms with Crippen LogP contribution in [-0.2, 0) is 0 Å². The van der Waals surface area contributed by atoms with Crippen LogP contribution in [0.1, 0.15) is 0 Å². The summed E-state index contributed by atoms with van der Waals surface area (Å²) in [6.07, 6.45) is 3.62. The van der Waals surface area contributed by atoms with E-state index in [2.05, 4.69) is 4.98 Å². The van der Waals surface area contributed by atoms with Gasteiger partial charge in [0.2, 0.25) is 5.75 Å². The van der Waals surface area contributed by atoms with Crippen molar-refractivity contribution in [1.29, 1.82) is 0 Å². The molecule has 22 heavy (non-hydrogen) atoms. The Hall–Kier alpha value is -3.14. The lowest BCUT2D eigenvalue weighted by atomic mass is 10.1. The fourth-order valence-corrected chi connectivity index (χ4v) is 2.73. The number of nitrogens with zero attached hydrogens (tertiary/aromatic N) is 1. The molecule has 2 aromatic carbocycles. The number of pyridine rings is 2. The molecule has 0 saturated heterocycles. The Bertz CT molecular complexity index is 1070. The fraction of sp³-hybridized carbons (Fsp3) is 0. The Balaban J connectivity index is 2.05. The van der Waals surface area contributed by atoms with Crippen molar-refractivity contribution in [3.8, 4) is 11.4 Å². The second-order valence-electron chi connectivity index (χ2n) is 5.18. The molecular formula is C18H13N2O2+. The lowest BCUT2D eigenvalue weighted by Gasteiger charge is -2.03. The lowest BCUT2D eigenvalue weighted by Crippen LogP contribution is -2.36. The minimum atomic E-state index is -0.323. The van der Waals surface area contributed by atoms with Crippen molar-refractivity contribution in [3.05, 3.63) is 77.3 Å². The number of hydrogen-bond donors (Lipinski definition) is 2. The predicted octanol–water partition coefficient (Wildman–Crippen LogP) is 2.66. The van der Waals surface area contributed by atoms with E-state index in [0.29, 0.717) is 10.9 Å². The highest BCUT2D eigenvalue weighted by Crippen LogP contribution is 2.24. The van der Waals surface area contributed by atoms with E-state index < -0.39 is 0 Å². The Morgan fingerprint density at radius 2 is 1.64 bits per heavy atom. The second kappa shape index (κ2) is 4.70. The Morgan fingerprint density at radius 3 is 2.50 bits per heavy atom. The van der Waals surface area contributed by atoms with Crippen LogP contribution in [0.25, 0.3) is 27.4 Å². The molecule has 0 fully saturated rings. The first-order valence-corrected chi connectivity index (χ1v) is 6.98. The molecule has 0 radical (unpaired) electrons. The summed E-state index contributed by atoms with van der Waals surface area (Å²) in [5, 5.41) is 13.2. The zero-order valence-corrected chi connectivity index (χ0v) is 11.7. The Morgan fingerprint density at radius 1 is 0.909 bits per heavy atom. The van der Waals surface area contributed by atoms with E-state index in [4.69, 9.17) is 0 Å². The van der Waals surface area contributed by atoms with Gasteiger partial charge in [-0.1, -0.05) is 30.3 Å². The van der Waals surface area contributed by atoms with Crippen LogP contribution in [0.4, 0.5) is 0 Å². The van der Waals surface area contributed by atoms with Gasteiger partial charge in [-0.25, -0.2) is 0 Å². The monoisotopic (exact) mass is 289 g/mol. The van der Waals surface area contributed by atoms with Gasteiger partial charge in [0, 0.05) is 16.8 Å². The third kappa shape index (κ3) is 1.85. The number of nitrogens with one attached hydrogen (secondary N) is 1. The van der Waals surface area contributed by atoms with E-state index >= 15 is 0 Å². The summed E-state index contributed by atoms with van der Waals surface area (Å²) in [6.45, 7) is 0. The summed E-state index contributed by atoms with van der Waals surface area (Å²) in [5.74, 6) is -0.0142. The number of hydrogen-bond acceptors (Lipinski definition) is 2. The molecule has 0 amide bonds. The maximum Gasteiger partial charge on any atom is 0.325 e. The molecule has 0 saturated carbocycles. The molecular weight excluding hydrogens is 276 g/mol. The van der Waals surface area contributed by atoms with Crippen LogP contribution in [0.5, 0.6) is 5.75 Å². The molecule has 4 heteroatoms. The summed E-state index contributed by atoms with van der Waals surface area (Å²) in [4.78, 5) is 15.2. The number of aromatic amines is 1. The molecule has 0 aliphatic heterocycles. The zero-order valence-electron chi connectivity index (χ0n) is 11.7. The summed E-state index contributed by atoms with van der Waals surface area (Å²) >= 11 is 0. The predicted molar refractivity (Wildman–Crippen MR) is 85.3 cm³/mol. The summed E-state index contributed by atoms with van der Waals surface area (Å²) in [6, 6.07) is 17.0. The first kappa shape index (κ1) is 12.6. The molecule has 0 bridgehead atoms. The van der Waals surface area contributed by atoms with E-state index in [-0.39, 0.29) is 17.0 Å². The van der Waals surface area contributed by atoms with Crippen molar-refractivity contribution in [2.24, 2.45) is 0 Å². The molecule has 106 valence electrons. The van der Waals surface area contributed by atoms with Gasteiger partial charge in [-0.15, -0.1) is 0 Å². The minimum Gasteiger partial charge on any atom is -0.502 e. The van der Waals surface area contributed by atoms with E-state index in [9.17, 15) is 9.90 Å². The number of aromatic hydroxyl groups is 1. The van der Waals surface area contributed by atoms with Crippen molar-refractivity contribution < 1.29 is 9.67 Å². The summed E-state index contributed by atoms with van der Waals surface area (Å²) < 4.78 is 1.66. The van der Waals surface area contributed by atoms with Gasteiger partial charge in [-0.2, -0.15) is 4.57 Å². The van der Waals surface area contributed by atoms with Gasteiger partial charge >= 0.3 is 11.2 Å². The van der Waals surface area contributed by atoms with Crippen LogP contribution >= 0.6 is 0 Å². The molecule has 4 aromatic rings. The number of H-pyrrole nitrogens is 1. The first-order chi connectivity index (χ1) is 10.7. The van der Waals surface area contributed by atoms with Crippen molar-refractivity contribution in [3.63, 3.8) is 0 Å². The normalized spacial score (nSPS) is 11.1.